The quantitative estimate of drug-likeness (QED) is 0.840. The number of pyridine rings is 1. The Kier molecular flexibility index (Phi) is 4.72. The van der Waals surface area contributed by atoms with Gasteiger partial charge in [-0.3, -0.25) is 9.59 Å². The Morgan fingerprint density at radius 3 is 2.50 bits per heavy atom. The van der Waals surface area contributed by atoms with Gasteiger partial charge in [-0.25, -0.2) is 8.78 Å². The molecule has 1 aromatic heterocycles. The van der Waals surface area contributed by atoms with Crippen molar-refractivity contribution < 1.29 is 26.7 Å². The van der Waals surface area contributed by atoms with Crippen molar-refractivity contribution in [3.63, 3.8) is 0 Å². The highest BCUT2D eigenvalue weighted by molar-refractivity contribution is 5.94. The van der Waals surface area contributed by atoms with E-state index < -0.39 is 46.3 Å². The van der Waals surface area contributed by atoms with Gasteiger partial charge in [0, 0.05) is 23.5 Å². The van der Waals surface area contributed by atoms with Gasteiger partial charge in [-0.2, -0.15) is 13.2 Å². The van der Waals surface area contributed by atoms with Crippen LogP contribution in [0.1, 0.15) is 27.7 Å². The molecule has 4 nitrogen and oxygen atoms in total. The second-order valence-electron chi connectivity index (χ2n) is 4.99. The van der Waals surface area contributed by atoms with Crippen LogP contribution in [0.2, 0.25) is 0 Å². The summed E-state index contributed by atoms with van der Waals surface area (Å²) in [5, 5.41) is 1.53. The molecule has 2 rings (SSSR count). The zero-order valence-corrected chi connectivity index (χ0v) is 12.2. The lowest BCUT2D eigenvalue weighted by molar-refractivity contribution is -0.155. The number of aromatic amines is 1. The lowest BCUT2D eigenvalue weighted by atomic mass is 10.0. The van der Waals surface area contributed by atoms with Crippen LogP contribution in [-0.4, -0.2) is 17.1 Å². The summed E-state index contributed by atoms with van der Waals surface area (Å²) in [5.41, 5.74) is -2.06. The van der Waals surface area contributed by atoms with Crippen molar-refractivity contribution in [1.82, 2.24) is 10.3 Å². The molecule has 0 fully saturated rings. The molecular formula is C15H11F5N2O2. The van der Waals surface area contributed by atoms with Crippen LogP contribution in [0.4, 0.5) is 22.0 Å². The standard InChI is InChI=1S/C15H11F5N2O2/c1-7-5-11(23)9(6-21-7)14(24)22-13(15(18,19)20)8-3-2-4-10(16)12(8)17/h2-6,13H,1H3,(H,21,23)(H,22,24). The normalized spacial score (nSPS) is 12.8. The molecule has 1 unspecified atom stereocenters. The zero-order chi connectivity index (χ0) is 18.1. The van der Waals surface area contributed by atoms with Gasteiger partial charge in [-0.15, -0.1) is 0 Å². The third-order valence-electron chi connectivity index (χ3n) is 3.20. The number of aryl methyl sites for hydroxylation is 1. The summed E-state index contributed by atoms with van der Waals surface area (Å²) in [5.74, 6) is -4.57. The molecule has 1 heterocycles. The van der Waals surface area contributed by atoms with E-state index in [-0.39, 0.29) is 0 Å². The minimum Gasteiger partial charge on any atom is -0.364 e. The predicted octanol–water partition coefficient (Wildman–Crippen LogP) is 2.99. The van der Waals surface area contributed by atoms with Gasteiger partial charge < -0.3 is 10.3 Å². The van der Waals surface area contributed by atoms with Crippen LogP contribution in [0.25, 0.3) is 0 Å². The molecule has 1 atom stereocenters. The van der Waals surface area contributed by atoms with E-state index in [0.29, 0.717) is 17.8 Å². The fourth-order valence-corrected chi connectivity index (χ4v) is 2.04. The summed E-state index contributed by atoms with van der Waals surface area (Å²) in [4.78, 5) is 26.1. The van der Waals surface area contributed by atoms with Crippen LogP contribution >= 0.6 is 0 Å². The molecular weight excluding hydrogens is 335 g/mol. The Morgan fingerprint density at radius 1 is 1.25 bits per heavy atom. The molecule has 0 saturated heterocycles. The number of carbonyl (C=O) groups excluding carboxylic acids is 1. The molecule has 1 amide bonds. The highest BCUT2D eigenvalue weighted by atomic mass is 19.4. The molecule has 0 aliphatic rings. The fraction of sp³-hybridized carbons (Fsp3) is 0.200. The Morgan fingerprint density at radius 2 is 1.92 bits per heavy atom. The van der Waals surface area contributed by atoms with Gasteiger partial charge in [0.1, 0.15) is 5.56 Å². The van der Waals surface area contributed by atoms with Crippen molar-refractivity contribution in [1.29, 1.82) is 0 Å². The Bertz CT molecular complexity index is 829. The van der Waals surface area contributed by atoms with E-state index >= 15 is 0 Å². The van der Waals surface area contributed by atoms with Crippen LogP contribution in [0.3, 0.4) is 0 Å². The molecule has 0 bridgehead atoms. The lowest BCUT2D eigenvalue weighted by Gasteiger charge is -2.22. The van der Waals surface area contributed by atoms with Gasteiger partial charge in [0.2, 0.25) is 0 Å². The predicted molar refractivity (Wildman–Crippen MR) is 74.4 cm³/mol. The summed E-state index contributed by atoms with van der Waals surface area (Å²) in [7, 11) is 0. The third-order valence-corrected chi connectivity index (χ3v) is 3.20. The first-order valence-corrected chi connectivity index (χ1v) is 6.62. The molecule has 0 saturated carbocycles. The molecule has 128 valence electrons. The maximum Gasteiger partial charge on any atom is 0.412 e. The van der Waals surface area contributed by atoms with Crippen LogP contribution in [-0.2, 0) is 0 Å². The Balaban J connectivity index is 2.42. The van der Waals surface area contributed by atoms with Gasteiger partial charge >= 0.3 is 6.18 Å². The van der Waals surface area contributed by atoms with Crippen molar-refractivity contribution in [3.05, 3.63) is 69.1 Å². The molecule has 0 radical (unpaired) electrons. The number of halogens is 5. The highest BCUT2D eigenvalue weighted by Gasteiger charge is 2.44. The van der Waals surface area contributed by atoms with Crippen LogP contribution < -0.4 is 10.7 Å². The van der Waals surface area contributed by atoms with E-state index in [1.165, 1.54) is 12.2 Å². The molecule has 24 heavy (non-hydrogen) atoms. The Labute approximate surface area is 132 Å². The van der Waals surface area contributed by atoms with E-state index in [1.807, 2.05) is 0 Å². The number of nitrogens with one attached hydrogen (secondary N) is 2. The van der Waals surface area contributed by atoms with E-state index in [2.05, 4.69) is 4.98 Å². The molecule has 0 aliphatic carbocycles. The van der Waals surface area contributed by atoms with Crippen molar-refractivity contribution in [2.24, 2.45) is 0 Å². The fourth-order valence-electron chi connectivity index (χ4n) is 2.04. The summed E-state index contributed by atoms with van der Waals surface area (Å²) in [6.45, 7) is 1.52. The highest BCUT2D eigenvalue weighted by Crippen LogP contribution is 2.34. The van der Waals surface area contributed by atoms with Crippen LogP contribution in [0, 0.1) is 18.6 Å². The SMILES string of the molecule is Cc1cc(=O)c(C(=O)NC(c2cccc(F)c2F)C(F)(F)F)c[nH]1. The summed E-state index contributed by atoms with van der Waals surface area (Å²) in [6.07, 6.45) is -4.15. The molecule has 2 aromatic rings. The number of benzene rings is 1. The summed E-state index contributed by atoms with van der Waals surface area (Å²) in [6, 6.07) is 0.466. The number of alkyl halides is 3. The first-order valence-electron chi connectivity index (χ1n) is 6.62. The average Bonchev–Trinajstić information content (AvgIpc) is 2.46. The summed E-state index contributed by atoms with van der Waals surface area (Å²) >= 11 is 0. The maximum absolute atomic E-state index is 13.7. The molecule has 1 aromatic carbocycles. The monoisotopic (exact) mass is 346 g/mol. The molecule has 0 aliphatic heterocycles. The van der Waals surface area contributed by atoms with Gasteiger partial charge in [0.05, 0.1) is 0 Å². The van der Waals surface area contributed by atoms with E-state index in [9.17, 15) is 31.5 Å². The van der Waals surface area contributed by atoms with Gasteiger partial charge in [-0.1, -0.05) is 12.1 Å². The van der Waals surface area contributed by atoms with Crippen molar-refractivity contribution >= 4 is 5.91 Å². The number of amides is 1. The second-order valence-corrected chi connectivity index (χ2v) is 4.99. The topological polar surface area (TPSA) is 62.0 Å². The second kappa shape index (κ2) is 6.42. The van der Waals surface area contributed by atoms with Gasteiger partial charge in [-0.05, 0) is 13.0 Å². The largest absolute Gasteiger partial charge is 0.412 e. The minimum atomic E-state index is -5.10. The molecule has 9 heteroatoms. The lowest BCUT2D eigenvalue weighted by Crippen LogP contribution is -2.40. The van der Waals surface area contributed by atoms with E-state index in [0.717, 1.165) is 18.3 Å². The number of aromatic nitrogens is 1. The first kappa shape index (κ1) is 17.6. The van der Waals surface area contributed by atoms with Crippen molar-refractivity contribution in [2.45, 2.75) is 19.1 Å². The number of carbonyl (C=O) groups is 1. The van der Waals surface area contributed by atoms with Gasteiger partial charge in [0.15, 0.2) is 23.1 Å². The molecule has 2 N–H and O–H groups in total. The summed E-state index contributed by atoms with van der Waals surface area (Å²) < 4.78 is 66.4. The number of H-pyrrole nitrogens is 1. The van der Waals surface area contributed by atoms with Crippen LogP contribution in [0.15, 0.2) is 35.3 Å². The number of hydrogen-bond donors (Lipinski definition) is 2. The van der Waals surface area contributed by atoms with Crippen LogP contribution in [0.5, 0.6) is 0 Å². The smallest absolute Gasteiger partial charge is 0.364 e. The Hall–Kier alpha value is -2.71. The first-order chi connectivity index (χ1) is 11.1. The average molecular weight is 346 g/mol. The third kappa shape index (κ3) is 3.61. The van der Waals surface area contributed by atoms with Gasteiger partial charge in [0.25, 0.3) is 5.91 Å². The van der Waals surface area contributed by atoms with Crippen molar-refractivity contribution in [2.75, 3.05) is 0 Å². The van der Waals surface area contributed by atoms with E-state index in [4.69, 9.17) is 0 Å². The molecule has 0 spiro atoms. The zero-order valence-electron chi connectivity index (χ0n) is 12.2. The number of hydrogen-bond acceptors (Lipinski definition) is 2. The maximum atomic E-state index is 13.7. The number of rotatable bonds is 3. The van der Waals surface area contributed by atoms with Crippen molar-refractivity contribution in [3.8, 4) is 0 Å². The minimum absolute atomic E-state index is 0.403. The van der Waals surface area contributed by atoms with E-state index in [1.54, 1.807) is 0 Å².